The molecule has 0 N–H and O–H groups in total. The largest absolute Gasteiger partial charge is 0.309 e. The van der Waals surface area contributed by atoms with Crippen molar-refractivity contribution in [2.24, 2.45) is 0 Å². The van der Waals surface area contributed by atoms with Crippen LogP contribution < -0.4 is 0 Å². The maximum Gasteiger partial charge on any atom is 0.164 e. The summed E-state index contributed by atoms with van der Waals surface area (Å²) in [4.78, 5) is 16.6. The van der Waals surface area contributed by atoms with Crippen molar-refractivity contribution in [2.45, 2.75) is 105 Å². The molecule has 13 aromatic rings. The van der Waals surface area contributed by atoms with Crippen molar-refractivity contribution in [1.82, 2.24) is 24.1 Å². The van der Waals surface area contributed by atoms with Crippen molar-refractivity contribution in [3.05, 3.63) is 245 Å². The molecule has 8 heteroatoms. The van der Waals surface area contributed by atoms with Crippen LogP contribution in [0.3, 0.4) is 0 Å². The molecule has 0 spiro atoms. The Labute approximate surface area is 527 Å². The van der Waals surface area contributed by atoms with E-state index in [1.165, 1.54) is 22.3 Å². The first-order chi connectivity index (χ1) is 42.9. The molecule has 0 amide bonds. The van der Waals surface area contributed by atoms with Gasteiger partial charge in [0, 0.05) is 49.6 Å². The number of hydrogen-bond donors (Lipinski definition) is 0. The second kappa shape index (κ2) is 21.8. The van der Waals surface area contributed by atoms with Gasteiger partial charge in [-0.25, -0.2) is 15.0 Å². The summed E-state index contributed by atoms with van der Waals surface area (Å²) in [6, 6.07) is 78.9. The standard InChI is InChI=1S/C82H70N8/c1-79(2,3)62-26-30-72-68(43-62)69-44-63(80(4,5)6)27-31-73(69)89(72)66-39-58(54-18-13-16-51(34-54)48-84)37-60(41-66)77-86-76(57-21-15-20-56(36-57)53-24-22-50(47-83)23-25-53)87-78(88-77)61-38-59(55-19-14-17-52(35-55)49-85)40-67(42-61)90-74-32-28-64(81(7,8)9)45-70(74)71-46-65(82(10,11)12)29-33-75(71)90/h13-46H,1-12H3. The van der Waals surface area contributed by atoms with Gasteiger partial charge in [-0.2, -0.15) is 15.8 Å². The van der Waals surface area contributed by atoms with Crippen molar-refractivity contribution >= 4 is 43.6 Å². The van der Waals surface area contributed by atoms with Crippen LogP contribution in [0.5, 0.6) is 0 Å². The number of nitrogens with zero attached hydrogens (tertiary/aromatic N) is 8. The highest BCUT2D eigenvalue weighted by Gasteiger charge is 2.26. The highest BCUT2D eigenvalue weighted by molar-refractivity contribution is 6.11. The smallest absolute Gasteiger partial charge is 0.164 e. The van der Waals surface area contributed by atoms with Crippen LogP contribution in [0.4, 0.5) is 0 Å². The summed E-state index contributed by atoms with van der Waals surface area (Å²) in [7, 11) is 0. The van der Waals surface area contributed by atoms with Crippen LogP contribution in [-0.4, -0.2) is 24.1 Å². The molecule has 0 aliphatic carbocycles. The van der Waals surface area contributed by atoms with Gasteiger partial charge in [0.15, 0.2) is 17.5 Å². The van der Waals surface area contributed by atoms with Crippen LogP contribution >= 0.6 is 0 Å². The number of hydrogen-bond acceptors (Lipinski definition) is 6. The summed E-state index contributed by atoms with van der Waals surface area (Å²) < 4.78 is 4.72. The normalized spacial score (nSPS) is 12.2. The van der Waals surface area contributed by atoms with Crippen LogP contribution in [0.2, 0.25) is 0 Å². The van der Waals surface area contributed by atoms with E-state index < -0.39 is 0 Å². The molecule has 0 saturated heterocycles. The lowest BCUT2D eigenvalue weighted by Gasteiger charge is -2.19. The van der Waals surface area contributed by atoms with Crippen LogP contribution in [0.1, 0.15) is 122 Å². The third kappa shape index (κ3) is 10.9. The van der Waals surface area contributed by atoms with Gasteiger partial charge in [0.25, 0.3) is 0 Å². The number of benzene rings is 10. The predicted octanol–water partition coefficient (Wildman–Crippen LogP) is 20.9. The van der Waals surface area contributed by atoms with E-state index in [1.54, 1.807) is 0 Å². The monoisotopic (exact) mass is 1170 g/mol. The van der Waals surface area contributed by atoms with E-state index in [4.69, 9.17) is 15.0 Å². The molecule has 10 aromatic carbocycles. The molecule has 0 fully saturated rings. The molecule has 13 rings (SSSR count). The summed E-state index contributed by atoms with van der Waals surface area (Å²) in [5.41, 5.74) is 20.1. The molecule has 438 valence electrons. The summed E-state index contributed by atoms with van der Waals surface area (Å²) >= 11 is 0. The molecule has 0 radical (unpaired) electrons. The number of fused-ring (bicyclic) bond motifs is 6. The van der Waals surface area contributed by atoms with E-state index >= 15 is 0 Å². The Bertz CT molecular complexity index is 4780. The van der Waals surface area contributed by atoms with Gasteiger partial charge in [-0.1, -0.05) is 162 Å². The van der Waals surface area contributed by atoms with E-state index in [-0.39, 0.29) is 21.7 Å². The Morgan fingerprint density at radius 3 is 0.911 bits per heavy atom. The van der Waals surface area contributed by atoms with Gasteiger partial charge in [0.2, 0.25) is 0 Å². The van der Waals surface area contributed by atoms with Crippen LogP contribution in [-0.2, 0) is 21.7 Å². The molecular weight excluding hydrogens is 1100 g/mol. The lowest BCUT2D eigenvalue weighted by atomic mass is 9.85. The SMILES string of the molecule is CC(C)(C)c1ccc2c(c1)c1cc(C(C)(C)C)ccc1n2-c1cc(-c2cccc(C#N)c2)cc(-c2nc(-c3cccc(-c4ccc(C#N)cc4)c3)nc(-c3cc(-c4cccc(C#N)c4)cc(-n4c5ccc(C(C)(C)C)cc5c5cc(C(C)(C)C)ccc54)c3)n2)c1. The quantitative estimate of drug-likeness (QED) is 0.149. The average Bonchev–Trinajstić information content (AvgIpc) is 1.61. The summed E-state index contributed by atoms with van der Waals surface area (Å²) in [5, 5.41) is 35.0. The summed E-state index contributed by atoms with van der Waals surface area (Å²) in [6.45, 7) is 27.1. The van der Waals surface area contributed by atoms with Crippen molar-refractivity contribution in [2.75, 3.05) is 0 Å². The van der Waals surface area contributed by atoms with Gasteiger partial charge in [-0.15, -0.1) is 0 Å². The third-order valence-electron chi connectivity index (χ3n) is 17.6. The van der Waals surface area contributed by atoms with Crippen molar-refractivity contribution in [1.29, 1.82) is 15.8 Å². The first-order valence-electron chi connectivity index (χ1n) is 30.8. The van der Waals surface area contributed by atoms with E-state index in [1.807, 2.05) is 72.8 Å². The maximum absolute atomic E-state index is 10.3. The van der Waals surface area contributed by atoms with Crippen LogP contribution in [0.15, 0.2) is 206 Å². The molecule has 0 unspecified atom stereocenters. The Balaban J connectivity index is 1.11. The van der Waals surface area contributed by atoms with Crippen molar-refractivity contribution < 1.29 is 0 Å². The predicted molar refractivity (Wildman–Crippen MR) is 370 cm³/mol. The van der Waals surface area contributed by atoms with Gasteiger partial charge < -0.3 is 9.13 Å². The zero-order valence-electron chi connectivity index (χ0n) is 53.2. The van der Waals surface area contributed by atoms with E-state index in [2.05, 4.69) is 244 Å². The average molecular weight is 1170 g/mol. The third-order valence-corrected chi connectivity index (χ3v) is 17.6. The Morgan fingerprint density at radius 1 is 0.267 bits per heavy atom. The van der Waals surface area contributed by atoms with Crippen molar-refractivity contribution in [3.8, 4) is 97.1 Å². The molecule has 3 heterocycles. The second-order valence-corrected chi connectivity index (χ2v) is 28.1. The topological polar surface area (TPSA) is 120 Å². The molecule has 0 aliphatic rings. The Hall–Kier alpha value is -10.7. The molecule has 3 aromatic heterocycles. The fraction of sp³-hybridized carbons (Fsp3) is 0.195. The van der Waals surface area contributed by atoms with Gasteiger partial charge in [-0.05, 0) is 205 Å². The Morgan fingerprint density at radius 2 is 0.567 bits per heavy atom. The van der Waals surface area contributed by atoms with Crippen LogP contribution in [0.25, 0.3) is 123 Å². The Kier molecular flexibility index (Phi) is 14.2. The van der Waals surface area contributed by atoms with Gasteiger partial charge in [-0.3, -0.25) is 0 Å². The number of aromatic nitrogens is 5. The summed E-state index contributed by atoms with van der Waals surface area (Å²) in [5.74, 6) is 1.36. The van der Waals surface area contributed by atoms with E-state index in [0.29, 0.717) is 34.2 Å². The maximum atomic E-state index is 10.3. The van der Waals surface area contributed by atoms with E-state index in [0.717, 1.165) is 105 Å². The first kappa shape index (κ1) is 58.3. The van der Waals surface area contributed by atoms with E-state index in [9.17, 15) is 15.8 Å². The summed E-state index contributed by atoms with van der Waals surface area (Å²) in [6.07, 6.45) is 0. The number of nitriles is 3. The molecule has 0 saturated carbocycles. The molecule has 0 bridgehead atoms. The highest BCUT2D eigenvalue weighted by Crippen LogP contribution is 2.43. The molecule has 0 aliphatic heterocycles. The fourth-order valence-corrected chi connectivity index (χ4v) is 12.4. The molecule has 8 nitrogen and oxygen atoms in total. The highest BCUT2D eigenvalue weighted by atomic mass is 15.0. The number of rotatable bonds is 8. The molecule has 0 atom stereocenters. The minimum atomic E-state index is -0.0879. The molecular formula is C82H70N8. The fourth-order valence-electron chi connectivity index (χ4n) is 12.4. The zero-order chi connectivity index (χ0) is 63.2. The second-order valence-electron chi connectivity index (χ2n) is 28.1. The lowest BCUT2D eigenvalue weighted by Crippen LogP contribution is -2.10. The van der Waals surface area contributed by atoms with Gasteiger partial charge in [0.1, 0.15) is 0 Å². The first-order valence-corrected chi connectivity index (χ1v) is 30.8. The zero-order valence-corrected chi connectivity index (χ0v) is 53.2. The van der Waals surface area contributed by atoms with Crippen LogP contribution in [0, 0.1) is 34.0 Å². The molecule has 90 heavy (non-hydrogen) atoms. The van der Waals surface area contributed by atoms with Gasteiger partial charge in [0.05, 0.1) is 57.0 Å². The van der Waals surface area contributed by atoms with Crippen molar-refractivity contribution in [3.63, 3.8) is 0 Å². The lowest BCUT2D eigenvalue weighted by molar-refractivity contribution is 0.590. The minimum Gasteiger partial charge on any atom is -0.309 e. The minimum absolute atomic E-state index is 0.0879. The van der Waals surface area contributed by atoms with Gasteiger partial charge >= 0.3 is 0 Å².